The van der Waals surface area contributed by atoms with Crippen molar-refractivity contribution in [2.45, 2.75) is 11.8 Å². The van der Waals surface area contributed by atoms with Gasteiger partial charge in [0.1, 0.15) is 26.4 Å². The Kier molecular flexibility index (Phi) is 7.77. The van der Waals surface area contributed by atoms with Crippen LogP contribution in [-0.2, 0) is 14.9 Å². The largest absolute Gasteiger partial charge is 0.505 e. The number of hydrogen-bond acceptors (Lipinski definition) is 12. The first-order valence-corrected chi connectivity index (χ1v) is 17.1. The van der Waals surface area contributed by atoms with Crippen molar-refractivity contribution >= 4 is 76.1 Å². The number of nitrogens with one attached hydrogen (secondary N) is 1. The van der Waals surface area contributed by atoms with Crippen LogP contribution in [0.5, 0.6) is 0 Å². The number of para-hydroxylation sites is 1. The van der Waals surface area contributed by atoms with Gasteiger partial charge >= 0.3 is 0 Å². The maximum Gasteiger partial charge on any atom is 0.296 e. The van der Waals surface area contributed by atoms with Gasteiger partial charge in [-0.3, -0.25) is 14.8 Å². The van der Waals surface area contributed by atoms with E-state index < -0.39 is 15.9 Å². The quantitative estimate of drug-likeness (QED) is 0.0657. The molecular weight excluding hydrogens is 657 g/mol. The average molecular weight is 679 g/mol. The van der Waals surface area contributed by atoms with Crippen LogP contribution in [0.4, 0.5) is 11.4 Å². The Balaban J connectivity index is 1.09. The molecule has 232 valence electrons. The second kappa shape index (κ2) is 12.1. The highest BCUT2D eigenvalue weighted by Crippen LogP contribution is 2.38. The van der Waals surface area contributed by atoms with Crippen LogP contribution in [-0.4, -0.2) is 39.5 Å². The molecule has 14 heteroatoms. The number of thiazole rings is 2. The smallest absolute Gasteiger partial charge is 0.296 e. The molecule has 0 saturated heterocycles. The molecule has 1 aliphatic carbocycles. The second-order valence-electron chi connectivity index (χ2n) is 10.4. The molecule has 6 aromatic rings. The van der Waals surface area contributed by atoms with Crippen LogP contribution in [0.25, 0.3) is 41.6 Å². The van der Waals surface area contributed by atoms with Crippen LogP contribution in [0.15, 0.2) is 129 Å². The Hall–Kier alpha value is -5.41. The lowest BCUT2D eigenvalue weighted by atomic mass is 10.1. The molecule has 1 aliphatic rings. The van der Waals surface area contributed by atoms with Crippen molar-refractivity contribution < 1.29 is 22.9 Å². The van der Waals surface area contributed by atoms with Gasteiger partial charge in [-0.15, -0.1) is 27.8 Å². The summed E-state index contributed by atoms with van der Waals surface area (Å²) in [5.74, 6) is -0.839. The number of azo groups is 1. The molecule has 0 amide bonds. The van der Waals surface area contributed by atoms with Crippen LogP contribution in [0.3, 0.4) is 0 Å². The summed E-state index contributed by atoms with van der Waals surface area (Å²) in [6.45, 7) is 1.64. The fourth-order valence-corrected chi connectivity index (χ4v) is 8.16. The van der Waals surface area contributed by atoms with Gasteiger partial charge in [-0.05, 0) is 85.3 Å². The number of aliphatic hydroxyl groups is 1. The number of carbonyl (C=O) groups is 1. The Labute approximate surface area is 275 Å². The van der Waals surface area contributed by atoms with Crippen molar-refractivity contribution in [2.75, 3.05) is 5.43 Å². The van der Waals surface area contributed by atoms with Crippen molar-refractivity contribution in [3.8, 4) is 21.1 Å². The van der Waals surface area contributed by atoms with Crippen molar-refractivity contribution in [1.29, 1.82) is 0 Å². The normalized spacial score (nSPS) is 14.7. The molecule has 47 heavy (non-hydrogen) atoms. The molecule has 0 fully saturated rings. The van der Waals surface area contributed by atoms with Gasteiger partial charge < -0.3 is 5.11 Å². The van der Waals surface area contributed by atoms with Gasteiger partial charge in [-0.25, -0.2) is 9.97 Å². The molecule has 2 heterocycles. The minimum Gasteiger partial charge on any atom is -0.505 e. The fourth-order valence-electron chi connectivity index (χ4n) is 4.84. The summed E-state index contributed by atoms with van der Waals surface area (Å²) >= 11 is 2.71. The molecule has 0 atom stereocenters. The minimum atomic E-state index is -4.41. The van der Waals surface area contributed by atoms with Gasteiger partial charge in [0.2, 0.25) is 5.78 Å². The number of aryl methyl sites for hydroxylation is 1. The number of carbonyl (C=O) groups excluding carboxylic acids is 1. The third kappa shape index (κ3) is 6.09. The van der Waals surface area contributed by atoms with Gasteiger partial charge in [0.25, 0.3) is 10.1 Å². The number of Topliss-reactive ketones (excluding diaryl/α,β-unsaturated/α-hetero) is 1. The molecule has 0 spiro atoms. The molecule has 0 bridgehead atoms. The van der Waals surface area contributed by atoms with E-state index in [-0.39, 0.29) is 22.1 Å². The van der Waals surface area contributed by atoms with Crippen LogP contribution in [0.1, 0.15) is 5.56 Å². The first-order chi connectivity index (χ1) is 22.6. The lowest BCUT2D eigenvalue weighted by Crippen LogP contribution is -2.22. The summed E-state index contributed by atoms with van der Waals surface area (Å²) in [5, 5.41) is 23.9. The fraction of sp³-hybridized carbons (Fsp3) is 0.0303. The zero-order chi connectivity index (χ0) is 32.7. The number of nitrogens with zero attached hydrogens (tertiary/aromatic N) is 5. The number of rotatable bonds is 7. The van der Waals surface area contributed by atoms with Gasteiger partial charge in [0, 0.05) is 11.1 Å². The van der Waals surface area contributed by atoms with Crippen molar-refractivity contribution in [3.63, 3.8) is 0 Å². The first kappa shape index (κ1) is 30.3. The maximum absolute atomic E-state index is 12.9. The van der Waals surface area contributed by atoms with Crippen LogP contribution < -0.4 is 5.43 Å². The number of allylic oxidation sites excluding steroid dienone is 4. The standard InChI is InChI=1S/C33H22N6O5S3/c1-18-7-13-25-30(31(18)47(42,43)44)46-33(35-25)20-10-14-23-27(17-20)45-32(34-23)19-8-11-22(12-9-19)36-38-24-15-16-26(40)28(29(24)41)39-37-21-5-3-2-4-6-21/h2-17,37,40H,1H3,(H,42,43,44). The first-order valence-electron chi connectivity index (χ1n) is 14.0. The summed E-state index contributed by atoms with van der Waals surface area (Å²) in [6.07, 6.45) is 2.73. The van der Waals surface area contributed by atoms with E-state index in [1.165, 1.54) is 34.8 Å². The van der Waals surface area contributed by atoms with Crippen molar-refractivity contribution in [3.05, 3.63) is 114 Å². The average Bonchev–Trinajstić information content (AvgIpc) is 3.68. The summed E-state index contributed by atoms with van der Waals surface area (Å²) in [4.78, 5) is 22.2. The Morgan fingerprint density at radius 2 is 1.51 bits per heavy atom. The monoisotopic (exact) mass is 678 g/mol. The Morgan fingerprint density at radius 1 is 0.809 bits per heavy atom. The van der Waals surface area contributed by atoms with Gasteiger partial charge in [-0.1, -0.05) is 24.3 Å². The summed E-state index contributed by atoms with van der Waals surface area (Å²) in [6, 6.07) is 25.4. The zero-order valence-electron chi connectivity index (χ0n) is 24.3. The van der Waals surface area contributed by atoms with Gasteiger partial charge in [0.05, 0.1) is 31.8 Å². The van der Waals surface area contributed by atoms with E-state index in [0.717, 1.165) is 26.4 Å². The lowest BCUT2D eigenvalue weighted by Gasteiger charge is -2.09. The van der Waals surface area contributed by atoms with E-state index in [1.54, 1.807) is 43.3 Å². The van der Waals surface area contributed by atoms with E-state index in [0.29, 0.717) is 32.2 Å². The summed E-state index contributed by atoms with van der Waals surface area (Å²) in [7, 11) is -4.41. The highest BCUT2D eigenvalue weighted by atomic mass is 32.2. The number of aliphatic hydroxyl groups excluding tert-OH is 1. The second-order valence-corrected chi connectivity index (χ2v) is 13.8. The molecule has 0 aliphatic heterocycles. The Morgan fingerprint density at radius 3 is 2.28 bits per heavy atom. The van der Waals surface area contributed by atoms with E-state index >= 15 is 0 Å². The topological polar surface area (TPSA) is 167 Å². The van der Waals surface area contributed by atoms with Crippen molar-refractivity contribution in [1.82, 2.24) is 9.97 Å². The molecule has 0 saturated carbocycles. The SMILES string of the molecule is Cc1ccc2nc(-c3ccc4nc(-c5ccc(N=NC6=CC=C(O)C(=NNc7ccccc7)C6=O)cc5)sc4c3)sc2c1S(=O)(=O)O. The van der Waals surface area contributed by atoms with E-state index in [9.17, 15) is 22.9 Å². The predicted octanol–water partition coefficient (Wildman–Crippen LogP) is 8.26. The molecule has 3 N–H and O–H groups in total. The van der Waals surface area contributed by atoms with Gasteiger partial charge in [0.15, 0.2) is 5.71 Å². The number of anilines is 1. The summed E-state index contributed by atoms with van der Waals surface area (Å²) in [5.41, 5.74) is 7.22. The molecule has 11 nitrogen and oxygen atoms in total. The van der Waals surface area contributed by atoms with E-state index in [1.807, 2.05) is 48.5 Å². The van der Waals surface area contributed by atoms with Crippen molar-refractivity contribution in [2.24, 2.45) is 15.3 Å². The molecule has 2 aromatic heterocycles. The number of aromatic nitrogens is 2. The van der Waals surface area contributed by atoms with E-state index in [4.69, 9.17) is 4.98 Å². The summed E-state index contributed by atoms with van der Waals surface area (Å²) < 4.78 is 35.2. The minimum absolute atomic E-state index is 0.0277. The molecule has 7 rings (SSSR count). The number of fused-ring (bicyclic) bond motifs is 2. The predicted molar refractivity (Wildman–Crippen MR) is 184 cm³/mol. The number of benzene rings is 4. The third-order valence-corrected chi connectivity index (χ3v) is 10.5. The lowest BCUT2D eigenvalue weighted by molar-refractivity contribution is -0.109. The number of hydrogen-bond donors (Lipinski definition) is 3. The molecule has 4 aromatic carbocycles. The number of ketones is 1. The third-order valence-electron chi connectivity index (χ3n) is 7.15. The highest BCUT2D eigenvalue weighted by molar-refractivity contribution is 7.86. The highest BCUT2D eigenvalue weighted by Gasteiger charge is 2.25. The molecule has 0 unspecified atom stereocenters. The Bertz CT molecular complexity index is 2450. The van der Waals surface area contributed by atoms with Gasteiger partial charge in [-0.2, -0.15) is 18.6 Å². The van der Waals surface area contributed by atoms with Crippen LogP contribution in [0, 0.1) is 6.92 Å². The maximum atomic E-state index is 12.9. The zero-order valence-corrected chi connectivity index (χ0v) is 26.8. The number of hydrazone groups is 1. The van der Waals surface area contributed by atoms with Crippen LogP contribution in [0.2, 0.25) is 0 Å². The van der Waals surface area contributed by atoms with Crippen LogP contribution >= 0.6 is 22.7 Å². The van der Waals surface area contributed by atoms with E-state index in [2.05, 4.69) is 25.7 Å². The molecular formula is C33H22N6O5S3. The molecule has 0 radical (unpaired) electrons.